The van der Waals surface area contributed by atoms with Crippen LogP contribution >= 0.6 is 11.3 Å². The monoisotopic (exact) mass is 399 g/mol. The number of carboxylic acids is 1. The van der Waals surface area contributed by atoms with Gasteiger partial charge in [-0.25, -0.2) is 14.6 Å². The van der Waals surface area contributed by atoms with E-state index < -0.39 is 17.7 Å². The summed E-state index contributed by atoms with van der Waals surface area (Å²) in [5.74, 6) is -1.10. The summed E-state index contributed by atoms with van der Waals surface area (Å²) in [4.78, 5) is 31.1. The summed E-state index contributed by atoms with van der Waals surface area (Å²) in [5.41, 5.74) is 0.170. The number of carbonyl (C=O) groups excluding carboxylic acids is 1. The van der Waals surface area contributed by atoms with Crippen molar-refractivity contribution >= 4 is 28.5 Å². The van der Waals surface area contributed by atoms with E-state index in [9.17, 15) is 22.8 Å². The Morgan fingerprint density at radius 1 is 1.33 bits per heavy atom. The fraction of sp³-hybridized carbons (Fsp3) is 0.353. The van der Waals surface area contributed by atoms with Crippen molar-refractivity contribution in [3.05, 3.63) is 46.0 Å². The topological polar surface area (TPSA) is 73.7 Å². The lowest BCUT2D eigenvalue weighted by molar-refractivity contribution is -0.137. The lowest BCUT2D eigenvalue weighted by Crippen LogP contribution is -2.33. The normalized spacial score (nSPS) is 17.7. The van der Waals surface area contributed by atoms with Gasteiger partial charge >= 0.3 is 18.2 Å². The van der Waals surface area contributed by atoms with E-state index in [4.69, 9.17) is 5.11 Å². The van der Waals surface area contributed by atoms with Crippen LogP contribution in [-0.4, -0.2) is 39.6 Å². The van der Waals surface area contributed by atoms with E-state index in [-0.39, 0.29) is 23.5 Å². The summed E-state index contributed by atoms with van der Waals surface area (Å²) in [6, 6.07) is 4.12. The second kappa shape index (κ2) is 6.84. The molecule has 1 aliphatic rings. The second-order valence-corrected chi connectivity index (χ2v) is 7.26. The van der Waals surface area contributed by atoms with E-state index in [1.807, 2.05) is 6.92 Å². The zero-order chi connectivity index (χ0) is 19.9. The lowest BCUT2D eigenvalue weighted by Gasteiger charge is -2.20. The number of thiazole rings is 1. The number of rotatable bonds is 4. The molecule has 0 spiro atoms. The molecule has 1 fully saturated rings. The number of nitrogens with zero attached hydrogens (tertiary/aromatic N) is 3. The number of anilines is 1. The zero-order valence-electron chi connectivity index (χ0n) is 14.4. The highest BCUT2D eigenvalue weighted by Crippen LogP contribution is 2.32. The fourth-order valence-corrected chi connectivity index (χ4v) is 3.77. The van der Waals surface area contributed by atoms with Gasteiger partial charge < -0.3 is 10.0 Å². The number of aryl methyl sites for hydroxylation is 1. The Kier molecular flexibility index (Phi) is 4.85. The highest BCUT2D eigenvalue weighted by Gasteiger charge is 2.37. The molecule has 1 N–H and O–H groups in total. The summed E-state index contributed by atoms with van der Waals surface area (Å²) in [5, 5.41) is 9.45. The Morgan fingerprint density at radius 3 is 2.48 bits per heavy atom. The van der Waals surface area contributed by atoms with Gasteiger partial charge in [-0.2, -0.15) is 13.2 Å². The maximum Gasteiger partial charge on any atom is 0.416 e. The van der Waals surface area contributed by atoms with Crippen LogP contribution in [0.5, 0.6) is 0 Å². The van der Waals surface area contributed by atoms with Crippen LogP contribution in [0.3, 0.4) is 0 Å². The molecule has 10 heteroatoms. The molecule has 1 aliphatic heterocycles. The Morgan fingerprint density at radius 2 is 1.96 bits per heavy atom. The molecule has 0 aliphatic carbocycles. The molecule has 1 atom stereocenters. The molecular weight excluding hydrogens is 383 g/mol. The van der Waals surface area contributed by atoms with Crippen molar-refractivity contribution in [2.24, 2.45) is 0 Å². The molecule has 1 aromatic heterocycles. The van der Waals surface area contributed by atoms with Gasteiger partial charge in [-0.3, -0.25) is 4.90 Å². The molecule has 2 heterocycles. The van der Waals surface area contributed by atoms with Gasteiger partial charge in [0.25, 0.3) is 0 Å². The van der Waals surface area contributed by atoms with Crippen LogP contribution in [0, 0.1) is 6.92 Å². The van der Waals surface area contributed by atoms with Gasteiger partial charge in [-0.15, -0.1) is 0 Å². The van der Waals surface area contributed by atoms with Gasteiger partial charge in [0.1, 0.15) is 4.88 Å². The summed E-state index contributed by atoms with van der Waals surface area (Å²) in [7, 11) is 0. The van der Waals surface area contributed by atoms with Crippen molar-refractivity contribution in [1.82, 2.24) is 9.88 Å². The SMILES string of the molecule is Cc1nc(N2C[C@@H](C)N(Cc3ccc(C(F)(F)F)cc3)C2=O)sc1C(=O)O. The van der Waals surface area contributed by atoms with Crippen LogP contribution in [-0.2, 0) is 12.7 Å². The van der Waals surface area contributed by atoms with Crippen molar-refractivity contribution in [2.75, 3.05) is 11.4 Å². The molecule has 2 aromatic rings. The van der Waals surface area contributed by atoms with E-state index in [1.54, 1.807) is 6.92 Å². The van der Waals surface area contributed by atoms with Crippen LogP contribution in [0.25, 0.3) is 0 Å². The predicted octanol–water partition coefficient (Wildman–Crippen LogP) is 4.00. The first-order chi connectivity index (χ1) is 12.6. The maximum absolute atomic E-state index is 12.7. The Labute approximate surface area is 156 Å². The molecule has 0 saturated carbocycles. The average molecular weight is 399 g/mol. The summed E-state index contributed by atoms with van der Waals surface area (Å²) < 4.78 is 38.0. The number of hydrogen-bond acceptors (Lipinski definition) is 4. The third kappa shape index (κ3) is 3.75. The zero-order valence-corrected chi connectivity index (χ0v) is 15.3. The first-order valence-electron chi connectivity index (χ1n) is 8.03. The van der Waals surface area contributed by atoms with E-state index in [0.717, 1.165) is 23.5 Å². The number of halogens is 3. The average Bonchev–Trinajstić information content (AvgIpc) is 3.09. The number of alkyl halides is 3. The molecule has 2 amide bonds. The van der Waals surface area contributed by atoms with Crippen molar-refractivity contribution in [3.8, 4) is 0 Å². The minimum Gasteiger partial charge on any atom is -0.477 e. The molecule has 1 saturated heterocycles. The third-order valence-electron chi connectivity index (χ3n) is 4.30. The smallest absolute Gasteiger partial charge is 0.416 e. The van der Waals surface area contributed by atoms with E-state index in [2.05, 4.69) is 4.98 Å². The van der Waals surface area contributed by atoms with E-state index in [0.29, 0.717) is 22.9 Å². The van der Waals surface area contributed by atoms with Crippen molar-refractivity contribution < 1.29 is 27.9 Å². The van der Waals surface area contributed by atoms with Crippen LogP contribution in [0.1, 0.15) is 33.4 Å². The summed E-state index contributed by atoms with van der Waals surface area (Å²) >= 11 is 0.926. The van der Waals surface area contributed by atoms with Gasteiger partial charge in [0.15, 0.2) is 5.13 Å². The summed E-state index contributed by atoms with van der Waals surface area (Å²) in [6.45, 7) is 3.87. The number of aromatic nitrogens is 1. The van der Waals surface area contributed by atoms with Crippen molar-refractivity contribution in [2.45, 2.75) is 32.6 Å². The van der Waals surface area contributed by atoms with Crippen molar-refractivity contribution in [3.63, 3.8) is 0 Å². The molecule has 0 radical (unpaired) electrons. The van der Waals surface area contributed by atoms with Gasteiger partial charge in [0, 0.05) is 12.6 Å². The molecule has 0 unspecified atom stereocenters. The number of aromatic carboxylic acids is 1. The molecular formula is C17H16F3N3O3S. The largest absolute Gasteiger partial charge is 0.477 e. The maximum atomic E-state index is 12.7. The highest BCUT2D eigenvalue weighted by atomic mass is 32.1. The van der Waals surface area contributed by atoms with Crippen molar-refractivity contribution in [1.29, 1.82) is 0 Å². The molecule has 6 nitrogen and oxygen atoms in total. The molecule has 144 valence electrons. The van der Waals surface area contributed by atoms with Crippen LogP contribution in [0.2, 0.25) is 0 Å². The molecule has 27 heavy (non-hydrogen) atoms. The van der Waals surface area contributed by atoms with Crippen LogP contribution < -0.4 is 4.90 Å². The highest BCUT2D eigenvalue weighted by molar-refractivity contribution is 7.17. The Hall–Kier alpha value is -2.62. The van der Waals surface area contributed by atoms with Gasteiger partial charge in [0.2, 0.25) is 0 Å². The summed E-state index contributed by atoms with van der Waals surface area (Å²) in [6.07, 6.45) is -4.41. The first-order valence-corrected chi connectivity index (χ1v) is 8.84. The number of amides is 2. The van der Waals surface area contributed by atoms with Gasteiger partial charge in [0.05, 0.1) is 17.8 Å². The molecule has 1 aromatic carbocycles. The Balaban J connectivity index is 1.77. The Bertz CT molecular complexity index is 880. The van der Waals surface area contributed by atoms with Gasteiger partial charge in [-0.05, 0) is 31.5 Å². The number of carbonyl (C=O) groups is 2. The van der Waals surface area contributed by atoms with E-state index >= 15 is 0 Å². The minimum absolute atomic E-state index is 0.0756. The first kappa shape index (κ1) is 19.2. The second-order valence-electron chi connectivity index (χ2n) is 6.28. The third-order valence-corrected chi connectivity index (χ3v) is 5.47. The minimum atomic E-state index is -4.41. The molecule has 3 rings (SSSR count). The standard InChI is InChI=1S/C17H16F3N3O3S/c1-9-7-23(15-21-10(2)13(27-15)14(24)25)16(26)22(9)8-11-3-5-12(6-4-11)17(18,19)20/h3-6,9H,7-8H2,1-2H3,(H,24,25)/t9-/m1/s1. The predicted molar refractivity (Wildman–Crippen MR) is 93.0 cm³/mol. The number of carboxylic acid groups (broad SMARTS) is 1. The quantitative estimate of drug-likeness (QED) is 0.844. The lowest BCUT2D eigenvalue weighted by atomic mass is 10.1. The number of benzene rings is 1. The number of hydrogen-bond donors (Lipinski definition) is 1. The van der Waals surface area contributed by atoms with Crippen LogP contribution in [0.15, 0.2) is 24.3 Å². The van der Waals surface area contributed by atoms with E-state index in [1.165, 1.54) is 21.9 Å². The van der Waals surface area contributed by atoms with Gasteiger partial charge in [-0.1, -0.05) is 23.5 Å². The number of urea groups is 1. The van der Waals surface area contributed by atoms with Crippen LogP contribution in [0.4, 0.5) is 23.1 Å². The molecule has 0 bridgehead atoms. The fourth-order valence-electron chi connectivity index (χ4n) is 2.86.